The predicted octanol–water partition coefficient (Wildman–Crippen LogP) is 0.888. The Morgan fingerprint density at radius 3 is 2.92 bits per heavy atom. The van der Waals surface area contributed by atoms with Crippen molar-refractivity contribution in [2.24, 2.45) is 0 Å². The van der Waals surface area contributed by atoms with E-state index in [1.165, 1.54) is 4.80 Å². The SMILES string of the molecule is CC(=O)c1cn(Cc2nnn(CCOCCO)n2)c2ccccc12. The summed E-state index contributed by atoms with van der Waals surface area (Å²) in [7, 11) is 0. The van der Waals surface area contributed by atoms with Gasteiger partial charge in [-0.15, -0.1) is 10.2 Å². The summed E-state index contributed by atoms with van der Waals surface area (Å²) in [6.07, 6.45) is 1.83. The van der Waals surface area contributed by atoms with Crippen molar-refractivity contribution >= 4 is 16.7 Å². The van der Waals surface area contributed by atoms with Crippen LogP contribution in [0.25, 0.3) is 10.9 Å². The van der Waals surface area contributed by atoms with E-state index in [2.05, 4.69) is 15.4 Å². The third-order valence-electron chi connectivity index (χ3n) is 3.65. The van der Waals surface area contributed by atoms with E-state index in [0.29, 0.717) is 37.7 Å². The van der Waals surface area contributed by atoms with Crippen molar-refractivity contribution in [2.75, 3.05) is 19.8 Å². The number of aromatic nitrogens is 5. The van der Waals surface area contributed by atoms with Gasteiger partial charge in [0, 0.05) is 22.7 Å². The molecule has 8 nitrogen and oxygen atoms in total. The highest BCUT2D eigenvalue weighted by atomic mass is 16.5. The van der Waals surface area contributed by atoms with Gasteiger partial charge < -0.3 is 14.4 Å². The summed E-state index contributed by atoms with van der Waals surface area (Å²) in [5.41, 5.74) is 1.65. The molecule has 2 heterocycles. The summed E-state index contributed by atoms with van der Waals surface area (Å²) >= 11 is 0. The number of para-hydroxylation sites is 1. The number of hydrogen-bond donors (Lipinski definition) is 1. The molecule has 3 rings (SSSR count). The van der Waals surface area contributed by atoms with Crippen molar-refractivity contribution in [2.45, 2.75) is 20.0 Å². The molecule has 126 valence electrons. The fraction of sp³-hybridized carbons (Fsp3) is 0.375. The van der Waals surface area contributed by atoms with Gasteiger partial charge in [0.15, 0.2) is 11.6 Å². The summed E-state index contributed by atoms with van der Waals surface area (Å²) in [6, 6.07) is 7.76. The van der Waals surface area contributed by atoms with Gasteiger partial charge in [-0.05, 0) is 18.2 Å². The van der Waals surface area contributed by atoms with Crippen LogP contribution in [0.15, 0.2) is 30.5 Å². The lowest BCUT2D eigenvalue weighted by atomic mass is 10.1. The van der Waals surface area contributed by atoms with Crippen LogP contribution in [0, 0.1) is 0 Å². The second-order valence-electron chi connectivity index (χ2n) is 5.38. The number of hydrogen-bond acceptors (Lipinski definition) is 6. The fourth-order valence-electron chi connectivity index (χ4n) is 2.56. The normalized spacial score (nSPS) is 11.2. The first-order valence-corrected chi connectivity index (χ1v) is 7.73. The molecule has 1 aromatic carbocycles. The van der Waals surface area contributed by atoms with Gasteiger partial charge in [0.1, 0.15) is 0 Å². The fourth-order valence-corrected chi connectivity index (χ4v) is 2.56. The predicted molar refractivity (Wildman–Crippen MR) is 86.8 cm³/mol. The number of Topliss-reactive ketones (excluding diaryl/α,β-unsaturated/α-hetero) is 1. The number of benzene rings is 1. The number of tetrazole rings is 1. The number of carbonyl (C=O) groups is 1. The average Bonchev–Trinajstić information content (AvgIpc) is 3.17. The van der Waals surface area contributed by atoms with E-state index < -0.39 is 0 Å². The summed E-state index contributed by atoms with van der Waals surface area (Å²) in [5.74, 6) is 0.593. The maximum absolute atomic E-state index is 11.8. The Hall–Kier alpha value is -2.58. The molecular formula is C16H19N5O3. The van der Waals surface area contributed by atoms with E-state index in [-0.39, 0.29) is 12.4 Å². The number of aliphatic hydroxyl groups is 1. The van der Waals surface area contributed by atoms with Crippen LogP contribution in [0.5, 0.6) is 0 Å². The number of fused-ring (bicyclic) bond motifs is 1. The van der Waals surface area contributed by atoms with Gasteiger partial charge in [0.25, 0.3) is 0 Å². The molecule has 2 aromatic heterocycles. The summed E-state index contributed by atoms with van der Waals surface area (Å²) in [4.78, 5) is 13.3. The molecule has 0 bridgehead atoms. The Morgan fingerprint density at radius 2 is 2.12 bits per heavy atom. The molecule has 8 heteroatoms. The number of aliphatic hydroxyl groups excluding tert-OH is 1. The largest absolute Gasteiger partial charge is 0.394 e. The van der Waals surface area contributed by atoms with Crippen LogP contribution in [0.2, 0.25) is 0 Å². The number of ether oxygens (including phenoxy) is 1. The van der Waals surface area contributed by atoms with Crippen LogP contribution in [0.1, 0.15) is 23.1 Å². The summed E-state index contributed by atoms with van der Waals surface area (Å²) in [5, 5.41) is 21.9. The van der Waals surface area contributed by atoms with E-state index in [9.17, 15) is 4.79 Å². The van der Waals surface area contributed by atoms with Crippen LogP contribution in [-0.2, 0) is 17.8 Å². The monoisotopic (exact) mass is 329 g/mol. The first-order valence-electron chi connectivity index (χ1n) is 7.73. The smallest absolute Gasteiger partial charge is 0.194 e. The quantitative estimate of drug-likeness (QED) is 0.487. The van der Waals surface area contributed by atoms with Crippen molar-refractivity contribution in [3.8, 4) is 0 Å². The van der Waals surface area contributed by atoms with Crippen molar-refractivity contribution in [3.63, 3.8) is 0 Å². The zero-order valence-corrected chi connectivity index (χ0v) is 13.4. The molecule has 3 aromatic rings. The maximum atomic E-state index is 11.8. The van der Waals surface area contributed by atoms with Crippen LogP contribution in [-0.4, -0.2) is 55.5 Å². The number of ketones is 1. The Labute approximate surface area is 138 Å². The third kappa shape index (κ3) is 3.50. The second kappa shape index (κ2) is 7.33. The highest BCUT2D eigenvalue weighted by Crippen LogP contribution is 2.22. The molecule has 0 amide bonds. The van der Waals surface area contributed by atoms with Crippen molar-refractivity contribution in [1.82, 2.24) is 24.8 Å². The molecule has 0 spiro atoms. The van der Waals surface area contributed by atoms with Gasteiger partial charge >= 0.3 is 0 Å². The van der Waals surface area contributed by atoms with E-state index in [1.807, 2.05) is 35.0 Å². The molecule has 0 aliphatic heterocycles. The van der Waals surface area contributed by atoms with E-state index >= 15 is 0 Å². The number of carbonyl (C=O) groups excluding carboxylic acids is 1. The molecule has 0 saturated carbocycles. The minimum absolute atomic E-state index is 0.00474. The zero-order valence-electron chi connectivity index (χ0n) is 13.4. The standard InChI is InChI=1S/C16H19N5O3/c1-12(23)14-10-20(15-5-3-2-4-13(14)15)11-16-17-19-21(18-16)6-8-24-9-7-22/h2-5,10,22H,6-9,11H2,1H3. The van der Waals surface area contributed by atoms with Gasteiger partial charge in [-0.1, -0.05) is 18.2 Å². The Balaban J connectivity index is 1.76. The molecule has 24 heavy (non-hydrogen) atoms. The first-order chi connectivity index (χ1) is 11.7. The zero-order chi connectivity index (χ0) is 16.9. The lowest BCUT2D eigenvalue weighted by Crippen LogP contribution is -2.11. The van der Waals surface area contributed by atoms with Crippen LogP contribution in [0.3, 0.4) is 0 Å². The summed E-state index contributed by atoms with van der Waals surface area (Å²) < 4.78 is 7.13. The van der Waals surface area contributed by atoms with Crippen molar-refractivity contribution in [1.29, 1.82) is 0 Å². The van der Waals surface area contributed by atoms with Crippen molar-refractivity contribution < 1.29 is 14.6 Å². The molecule has 0 atom stereocenters. The lowest BCUT2D eigenvalue weighted by Gasteiger charge is -2.01. The van der Waals surface area contributed by atoms with Gasteiger partial charge in [0.05, 0.1) is 32.9 Å². The van der Waals surface area contributed by atoms with E-state index in [1.54, 1.807) is 6.92 Å². The minimum Gasteiger partial charge on any atom is -0.394 e. The number of rotatable bonds is 8. The maximum Gasteiger partial charge on any atom is 0.194 e. The Kier molecular flexibility index (Phi) is 4.97. The van der Waals surface area contributed by atoms with Crippen molar-refractivity contribution in [3.05, 3.63) is 41.9 Å². The molecular weight excluding hydrogens is 310 g/mol. The molecule has 0 aliphatic rings. The second-order valence-corrected chi connectivity index (χ2v) is 5.38. The minimum atomic E-state index is -0.00474. The van der Waals surface area contributed by atoms with Gasteiger partial charge in [0.2, 0.25) is 0 Å². The molecule has 0 unspecified atom stereocenters. The molecule has 0 radical (unpaired) electrons. The molecule has 1 N–H and O–H groups in total. The molecule has 0 saturated heterocycles. The third-order valence-corrected chi connectivity index (χ3v) is 3.65. The van der Waals surface area contributed by atoms with E-state index in [4.69, 9.17) is 9.84 Å². The van der Waals surface area contributed by atoms with Gasteiger partial charge in [-0.2, -0.15) is 4.80 Å². The number of nitrogens with zero attached hydrogens (tertiary/aromatic N) is 5. The van der Waals surface area contributed by atoms with Gasteiger partial charge in [-0.25, -0.2) is 0 Å². The molecule has 0 aliphatic carbocycles. The summed E-state index contributed by atoms with van der Waals surface area (Å²) in [6.45, 7) is 3.17. The highest BCUT2D eigenvalue weighted by molar-refractivity contribution is 6.06. The van der Waals surface area contributed by atoms with Crippen LogP contribution >= 0.6 is 0 Å². The topological polar surface area (TPSA) is 95.1 Å². The molecule has 0 fully saturated rings. The highest BCUT2D eigenvalue weighted by Gasteiger charge is 2.13. The van der Waals surface area contributed by atoms with Gasteiger partial charge in [-0.3, -0.25) is 4.79 Å². The first kappa shape index (κ1) is 16.3. The van der Waals surface area contributed by atoms with Crippen LogP contribution in [0.4, 0.5) is 0 Å². The lowest BCUT2D eigenvalue weighted by molar-refractivity contribution is 0.0830. The Morgan fingerprint density at radius 1 is 1.29 bits per heavy atom. The Bertz CT molecular complexity index is 839. The van der Waals surface area contributed by atoms with Crippen LogP contribution < -0.4 is 0 Å². The van der Waals surface area contributed by atoms with E-state index in [0.717, 1.165) is 10.9 Å². The average molecular weight is 329 g/mol.